The number of amides is 1. The molecule has 0 radical (unpaired) electrons. The standard InChI is InChI=1S/C22H27N3O3S/c1-24-12-14-25(15-13-24)29(27,28)19-9-4-8-18(16-19)22(26)23-21-11-5-7-17-6-2-3-10-20(17)21/h2-4,6,8-10,16,21H,5,7,11-15H2,1H3,(H,23,26)/t21-/m1/s1. The second kappa shape index (κ2) is 8.26. The molecule has 0 saturated carbocycles. The molecule has 0 aromatic heterocycles. The monoisotopic (exact) mass is 413 g/mol. The summed E-state index contributed by atoms with van der Waals surface area (Å²) in [7, 11) is -1.61. The summed E-state index contributed by atoms with van der Waals surface area (Å²) in [5, 5.41) is 3.10. The summed E-state index contributed by atoms with van der Waals surface area (Å²) in [6, 6.07) is 14.5. The second-order valence-electron chi connectivity index (χ2n) is 7.85. The molecule has 0 unspecified atom stereocenters. The van der Waals surface area contributed by atoms with Crippen molar-refractivity contribution >= 4 is 15.9 Å². The zero-order chi connectivity index (χ0) is 20.4. The Morgan fingerprint density at radius 1 is 1.03 bits per heavy atom. The second-order valence-corrected chi connectivity index (χ2v) is 9.79. The summed E-state index contributed by atoms with van der Waals surface area (Å²) in [5.41, 5.74) is 2.81. The number of nitrogens with one attached hydrogen (secondary N) is 1. The first-order chi connectivity index (χ1) is 13.9. The van der Waals surface area contributed by atoms with E-state index >= 15 is 0 Å². The zero-order valence-corrected chi connectivity index (χ0v) is 17.5. The van der Waals surface area contributed by atoms with Crippen molar-refractivity contribution in [1.82, 2.24) is 14.5 Å². The van der Waals surface area contributed by atoms with Crippen molar-refractivity contribution in [2.75, 3.05) is 33.2 Å². The van der Waals surface area contributed by atoms with E-state index in [1.54, 1.807) is 18.2 Å². The predicted octanol–water partition coefficient (Wildman–Crippen LogP) is 2.43. The van der Waals surface area contributed by atoms with Gasteiger partial charge in [0, 0.05) is 31.7 Å². The third-order valence-electron chi connectivity index (χ3n) is 5.87. The van der Waals surface area contributed by atoms with Gasteiger partial charge in [-0.1, -0.05) is 30.3 Å². The fourth-order valence-electron chi connectivity index (χ4n) is 4.12. The van der Waals surface area contributed by atoms with E-state index in [2.05, 4.69) is 22.3 Å². The number of fused-ring (bicyclic) bond motifs is 1. The van der Waals surface area contributed by atoms with E-state index in [1.165, 1.54) is 15.9 Å². The van der Waals surface area contributed by atoms with E-state index in [0.717, 1.165) is 24.8 Å². The largest absolute Gasteiger partial charge is 0.345 e. The molecule has 2 aromatic rings. The first-order valence-electron chi connectivity index (χ1n) is 10.1. The maximum absolute atomic E-state index is 13.0. The molecule has 2 aliphatic rings. The fourth-order valence-corrected chi connectivity index (χ4v) is 5.59. The van der Waals surface area contributed by atoms with E-state index in [1.807, 2.05) is 19.2 Å². The fraction of sp³-hybridized carbons (Fsp3) is 0.409. The minimum absolute atomic E-state index is 0.0367. The highest BCUT2D eigenvalue weighted by atomic mass is 32.2. The number of sulfonamides is 1. The lowest BCUT2D eigenvalue weighted by molar-refractivity contribution is 0.0932. The Kier molecular flexibility index (Phi) is 5.72. The van der Waals surface area contributed by atoms with Crippen LogP contribution in [-0.4, -0.2) is 56.8 Å². The van der Waals surface area contributed by atoms with E-state index in [0.29, 0.717) is 31.7 Å². The van der Waals surface area contributed by atoms with Gasteiger partial charge >= 0.3 is 0 Å². The highest BCUT2D eigenvalue weighted by molar-refractivity contribution is 7.89. The summed E-state index contributed by atoms with van der Waals surface area (Å²) in [6.45, 7) is 2.35. The Balaban J connectivity index is 1.52. The molecular weight excluding hydrogens is 386 g/mol. The number of aryl methyl sites for hydroxylation is 1. The first-order valence-corrected chi connectivity index (χ1v) is 11.6. The molecule has 1 fully saturated rings. The SMILES string of the molecule is CN1CCN(S(=O)(=O)c2cccc(C(=O)N[C@@H]3CCCc4ccccc43)c2)CC1. The molecule has 1 aliphatic heterocycles. The normalized spacial score (nSPS) is 20.8. The van der Waals surface area contributed by atoms with Crippen molar-refractivity contribution in [3.8, 4) is 0 Å². The van der Waals surface area contributed by atoms with Crippen molar-refractivity contribution in [3.63, 3.8) is 0 Å². The van der Waals surface area contributed by atoms with Crippen LogP contribution in [0, 0.1) is 0 Å². The number of hydrogen-bond donors (Lipinski definition) is 1. The Morgan fingerprint density at radius 2 is 1.79 bits per heavy atom. The minimum atomic E-state index is -3.60. The number of likely N-dealkylation sites (N-methyl/N-ethyl adjacent to an activating group) is 1. The Bertz CT molecular complexity index is 998. The van der Waals surface area contributed by atoms with Gasteiger partial charge in [0.25, 0.3) is 5.91 Å². The van der Waals surface area contributed by atoms with Crippen LogP contribution >= 0.6 is 0 Å². The van der Waals surface area contributed by atoms with Gasteiger partial charge < -0.3 is 10.2 Å². The van der Waals surface area contributed by atoms with E-state index in [4.69, 9.17) is 0 Å². The maximum Gasteiger partial charge on any atom is 0.251 e. The van der Waals surface area contributed by atoms with Crippen molar-refractivity contribution in [1.29, 1.82) is 0 Å². The van der Waals surface area contributed by atoms with Crippen LogP contribution in [0.2, 0.25) is 0 Å². The molecule has 4 rings (SSSR count). The van der Waals surface area contributed by atoms with Crippen molar-refractivity contribution in [2.24, 2.45) is 0 Å². The first kappa shape index (κ1) is 20.1. The zero-order valence-electron chi connectivity index (χ0n) is 16.7. The molecule has 29 heavy (non-hydrogen) atoms. The number of piperazine rings is 1. The Hall–Kier alpha value is -2.22. The van der Waals surface area contributed by atoms with E-state index in [9.17, 15) is 13.2 Å². The Morgan fingerprint density at radius 3 is 2.59 bits per heavy atom. The highest BCUT2D eigenvalue weighted by Crippen LogP contribution is 2.29. The summed E-state index contributed by atoms with van der Waals surface area (Å²) >= 11 is 0. The number of carbonyl (C=O) groups is 1. The lowest BCUT2D eigenvalue weighted by Gasteiger charge is -2.31. The van der Waals surface area contributed by atoms with Crippen LogP contribution in [0.4, 0.5) is 0 Å². The van der Waals surface area contributed by atoms with Crippen LogP contribution < -0.4 is 5.32 Å². The quantitative estimate of drug-likeness (QED) is 0.836. The van der Waals surface area contributed by atoms with Crippen molar-refractivity contribution < 1.29 is 13.2 Å². The smallest absolute Gasteiger partial charge is 0.251 e. The molecule has 7 heteroatoms. The molecule has 1 saturated heterocycles. The third kappa shape index (κ3) is 4.22. The van der Waals surface area contributed by atoms with Crippen molar-refractivity contribution in [2.45, 2.75) is 30.2 Å². The molecule has 1 amide bonds. The van der Waals surface area contributed by atoms with Crippen LogP contribution in [0.15, 0.2) is 53.4 Å². The van der Waals surface area contributed by atoms with E-state index in [-0.39, 0.29) is 16.8 Å². The summed E-state index contributed by atoms with van der Waals surface area (Å²) < 4.78 is 27.5. The lowest BCUT2D eigenvalue weighted by atomic mass is 9.87. The Labute approximate surface area is 172 Å². The van der Waals surface area contributed by atoms with Gasteiger partial charge in [0.2, 0.25) is 10.0 Å². The minimum Gasteiger partial charge on any atom is -0.345 e. The van der Waals surface area contributed by atoms with Gasteiger partial charge in [-0.15, -0.1) is 0 Å². The number of nitrogens with zero attached hydrogens (tertiary/aromatic N) is 2. The van der Waals surface area contributed by atoms with Gasteiger partial charge in [0.15, 0.2) is 0 Å². The molecule has 1 atom stereocenters. The molecule has 6 nitrogen and oxygen atoms in total. The average Bonchev–Trinajstić information content (AvgIpc) is 2.74. The van der Waals surface area contributed by atoms with Gasteiger partial charge in [0.05, 0.1) is 10.9 Å². The predicted molar refractivity (Wildman–Crippen MR) is 112 cm³/mol. The van der Waals surface area contributed by atoms with Gasteiger partial charge in [-0.2, -0.15) is 4.31 Å². The number of hydrogen-bond acceptors (Lipinski definition) is 4. The molecule has 0 bridgehead atoms. The summed E-state index contributed by atoms with van der Waals surface area (Å²) in [6.07, 6.45) is 2.95. The van der Waals surface area contributed by atoms with Gasteiger partial charge in [-0.3, -0.25) is 4.79 Å². The van der Waals surface area contributed by atoms with Gasteiger partial charge in [0.1, 0.15) is 0 Å². The van der Waals surface area contributed by atoms with Crippen LogP contribution in [0.3, 0.4) is 0 Å². The highest BCUT2D eigenvalue weighted by Gasteiger charge is 2.28. The van der Waals surface area contributed by atoms with Crippen LogP contribution in [-0.2, 0) is 16.4 Å². The third-order valence-corrected chi connectivity index (χ3v) is 7.77. The van der Waals surface area contributed by atoms with Crippen LogP contribution in [0.25, 0.3) is 0 Å². The van der Waals surface area contributed by atoms with Crippen LogP contribution in [0.5, 0.6) is 0 Å². The summed E-state index contributed by atoms with van der Waals surface area (Å²) in [4.78, 5) is 15.2. The molecule has 154 valence electrons. The van der Waals surface area contributed by atoms with Gasteiger partial charge in [-0.25, -0.2) is 8.42 Å². The van der Waals surface area contributed by atoms with Crippen LogP contribution in [0.1, 0.15) is 40.4 Å². The molecule has 2 aromatic carbocycles. The van der Waals surface area contributed by atoms with Crippen molar-refractivity contribution in [3.05, 3.63) is 65.2 Å². The number of benzene rings is 2. The number of carbonyl (C=O) groups excluding carboxylic acids is 1. The number of rotatable bonds is 4. The summed E-state index contributed by atoms with van der Waals surface area (Å²) in [5.74, 6) is -0.234. The van der Waals surface area contributed by atoms with E-state index < -0.39 is 10.0 Å². The molecule has 1 aliphatic carbocycles. The molecule has 0 spiro atoms. The molecule has 1 heterocycles. The molecular formula is C22H27N3O3S. The van der Waals surface area contributed by atoms with Gasteiger partial charge in [-0.05, 0) is 55.6 Å². The lowest BCUT2D eigenvalue weighted by Crippen LogP contribution is -2.47. The molecule has 1 N–H and O–H groups in total. The average molecular weight is 414 g/mol. The maximum atomic E-state index is 13.0. The topological polar surface area (TPSA) is 69.7 Å².